The molecule has 0 radical (unpaired) electrons. The van der Waals surface area contributed by atoms with Gasteiger partial charge in [0, 0.05) is 28.1 Å². The summed E-state index contributed by atoms with van der Waals surface area (Å²) in [5.74, 6) is -0.804. The Labute approximate surface area is 222 Å². The van der Waals surface area contributed by atoms with E-state index in [1.54, 1.807) is 11.3 Å². The quantitative estimate of drug-likeness (QED) is 0.297. The number of carbonyl (C=O) groups is 3. The molecule has 1 fully saturated rings. The summed E-state index contributed by atoms with van der Waals surface area (Å²) in [7, 11) is 2.48. The van der Waals surface area contributed by atoms with Gasteiger partial charge in [0.15, 0.2) is 11.0 Å². The number of thioether (sulfide) groups is 1. The smallest absolute Gasteiger partial charge is 0.337 e. The first-order valence-electron chi connectivity index (χ1n) is 11.8. The van der Waals surface area contributed by atoms with Gasteiger partial charge in [-0.25, -0.2) is 9.59 Å². The van der Waals surface area contributed by atoms with Crippen molar-refractivity contribution >= 4 is 46.6 Å². The van der Waals surface area contributed by atoms with E-state index >= 15 is 0 Å². The standard InChI is InChI=1S/C25H28N4O6S2/c1-4-20-11-17(13-36-20)22-27-28-25(29(22)12-19-6-5-7-35-19)37-14-21(30)26-18-9-15(23(31)33-2)8-16(10-18)24(32)34-3/h8-11,13,19H,4-7,12,14H2,1-3H3,(H,26,30). The molecule has 1 N–H and O–H groups in total. The van der Waals surface area contributed by atoms with Crippen LogP contribution in [0.5, 0.6) is 0 Å². The molecule has 12 heteroatoms. The Kier molecular flexibility index (Phi) is 8.95. The van der Waals surface area contributed by atoms with E-state index in [-0.39, 0.29) is 34.6 Å². The number of aromatic nitrogens is 3. The van der Waals surface area contributed by atoms with Crippen LogP contribution < -0.4 is 5.32 Å². The Balaban J connectivity index is 1.51. The second-order valence-corrected chi connectivity index (χ2v) is 10.3. The average Bonchev–Trinajstić information content (AvgIpc) is 3.68. The van der Waals surface area contributed by atoms with Gasteiger partial charge in [0.2, 0.25) is 5.91 Å². The summed E-state index contributed by atoms with van der Waals surface area (Å²) in [5.41, 5.74) is 1.52. The first-order valence-corrected chi connectivity index (χ1v) is 13.6. The zero-order valence-corrected chi connectivity index (χ0v) is 22.4. The molecule has 3 aromatic rings. The van der Waals surface area contributed by atoms with Gasteiger partial charge < -0.3 is 19.5 Å². The number of esters is 2. The number of nitrogens with one attached hydrogen (secondary N) is 1. The molecule has 2 aromatic heterocycles. The molecule has 1 aliphatic rings. The van der Waals surface area contributed by atoms with Gasteiger partial charge in [-0.3, -0.25) is 9.36 Å². The highest BCUT2D eigenvalue weighted by Crippen LogP contribution is 2.30. The van der Waals surface area contributed by atoms with Gasteiger partial charge in [-0.1, -0.05) is 18.7 Å². The zero-order valence-electron chi connectivity index (χ0n) is 20.8. The van der Waals surface area contributed by atoms with Crippen molar-refractivity contribution in [3.05, 3.63) is 45.6 Å². The van der Waals surface area contributed by atoms with Crippen LogP contribution in [0.2, 0.25) is 0 Å². The molecule has 0 spiro atoms. The number of nitrogens with zero attached hydrogens (tertiary/aromatic N) is 3. The lowest BCUT2D eigenvalue weighted by molar-refractivity contribution is -0.113. The van der Waals surface area contributed by atoms with E-state index < -0.39 is 11.9 Å². The lowest BCUT2D eigenvalue weighted by Gasteiger charge is -2.14. The number of rotatable bonds is 10. The number of benzene rings is 1. The second-order valence-electron chi connectivity index (χ2n) is 8.33. The van der Waals surface area contributed by atoms with Crippen LogP contribution in [0.4, 0.5) is 5.69 Å². The summed E-state index contributed by atoms with van der Waals surface area (Å²) in [6, 6.07) is 6.36. The third-order valence-corrected chi connectivity index (χ3v) is 7.83. The molecule has 37 heavy (non-hydrogen) atoms. The predicted octanol–water partition coefficient (Wildman–Crippen LogP) is 4.05. The minimum Gasteiger partial charge on any atom is -0.465 e. The van der Waals surface area contributed by atoms with Crippen molar-refractivity contribution < 1.29 is 28.6 Å². The van der Waals surface area contributed by atoms with Crippen molar-refractivity contribution in [2.45, 2.75) is 44.0 Å². The van der Waals surface area contributed by atoms with Crippen LogP contribution in [0.1, 0.15) is 45.4 Å². The Morgan fingerprint density at radius 1 is 1.14 bits per heavy atom. The van der Waals surface area contributed by atoms with Gasteiger partial charge in [-0.2, -0.15) is 0 Å². The molecule has 0 bridgehead atoms. The summed E-state index contributed by atoms with van der Waals surface area (Å²) in [6.07, 6.45) is 3.00. The normalized spacial score (nSPS) is 14.9. The van der Waals surface area contributed by atoms with E-state index in [1.165, 1.54) is 49.1 Å². The van der Waals surface area contributed by atoms with Gasteiger partial charge in [0.05, 0.1) is 43.7 Å². The molecule has 1 saturated heterocycles. The first kappa shape index (κ1) is 26.8. The fourth-order valence-electron chi connectivity index (χ4n) is 3.95. The lowest BCUT2D eigenvalue weighted by Crippen LogP contribution is -2.18. The molecule has 1 aromatic carbocycles. The maximum Gasteiger partial charge on any atom is 0.337 e. The topological polar surface area (TPSA) is 122 Å². The summed E-state index contributed by atoms with van der Waals surface area (Å²) >= 11 is 2.94. The molecule has 0 saturated carbocycles. The zero-order chi connectivity index (χ0) is 26.4. The molecule has 4 rings (SSSR count). The molecule has 0 aliphatic carbocycles. The minimum absolute atomic E-state index is 0.0452. The van der Waals surface area contributed by atoms with Crippen LogP contribution in [0.25, 0.3) is 11.4 Å². The fraction of sp³-hybridized carbons (Fsp3) is 0.400. The number of amides is 1. The Hall–Kier alpha value is -3.22. The summed E-state index contributed by atoms with van der Waals surface area (Å²) in [5, 5.41) is 14.2. The van der Waals surface area contributed by atoms with Crippen molar-refractivity contribution in [3.8, 4) is 11.4 Å². The molecule has 1 atom stereocenters. The highest BCUT2D eigenvalue weighted by atomic mass is 32.2. The van der Waals surface area contributed by atoms with E-state index in [2.05, 4.69) is 33.9 Å². The van der Waals surface area contributed by atoms with Gasteiger partial charge in [0.25, 0.3) is 0 Å². The van der Waals surface area contributed by atoms with Gasteiger partial charge in [0.1, 0.15) is 0 Å². The number of methoxy groups -OCH3 is 2. The van der Waals surface area contributed by atoms with Crippen molar-refractivity contribution in [2.75, 3.05) is 31.9 Å². The highest BCUT2D eigenvalue weighted by molar-refractivity contribution is 7.99. The Morgan fingerprint density at radius 2 is 1.86 bits per heavy atom. The molecule has 1 aliphatic heterocycles. The molecule has 10 nitrogen and oxygen atoms in total. The largest absolute Gasteiger partial charge is 0.465 e. The number of ether oxygens (including phenoxy) is 3. The van der Waals surface area contributed by atoms with E-state index in [0.717, 1.165) is 37.3 Å². The molecule has 1 unspecified atom stereocenters. The van der Waals surface area contributed by atoms with Crippen LogP contribution in [0.3, 0.4) is 0 Å². The van der Waals surface area contributed by atoms with Crippen LogP contribution in [-0.2, 0) is 32.0 Å². The second kappa shape index (κ2) is 12.3. The minimum atomic E-state index is -0.634. The van der Waals surface area contributed by atoms with Gasteiger partial charge >= 0.3 is 11.9 Å². The third-order valence-electron chi connectivity index (χ3n) is 5.78. The summed E-state index contributed by atoms with van der Waals surface area (Å²) in [4.78, 5) is 38.1. The predicted molar refractivity (Wildman–Crippen MR) is 140 cm³/mol. The highest BCUT2D eigenvalue weighted by Gasteiger charge is 2.23. The molecule has 1 amide bonds. The van der Waals surface area contributed by atoms with Crippen molar-refractivity contribution in [1.82, 2.24) is 14.8 Å². The summed E-state index contributed by atoms with van der Waals surface area (Å²) < 4.78 is 17.4. The van der Waals surface area contributed by atoms with E-state index in [9.17, 15) is 14.4 Å². The van der Waals surface area contributed by atoms with E-state index in [0.29, 0.717) is 11.7 Å². The number of aryl methyl sites for hydroxylation is 1. The SMILES string of the molecule is CCc1cc(-c2nnc(SCC(=O)Nc3cc(C(=O)OC)cc(C(=O)OC)c3)n2CC2CCCO2)cs1. The number of hydrogen-bond acceptors (Lipinski definition) is 10. The van der Waals surface area contributed by atoms with Crippen LogP contribution in [0.15, 0.2) is 34.8 Å². The Bertz CT molecular complexity index is 1250. The van der Waals surface area contributed by atoms with Crippen LogP contribution in [-0.4, -0.2) is 65.3 Å². The number of thiophene rings is 1. The number of anilines is 1. The molecular weight excluding hydrogens is 516 g/mol. The van der Waals surface area contributed by atoms with Gasteiger partial charge in [-0.05, 0) is 43.5 Å². The maximum atomic E-state index is 12.8. The maximum absolute atomic E-state index is 12.8. The molecule has 3 heterocycles. The number of carbonyl (C=O) groups excluding carboxylic acids is 3. The third kappa shape index (κ3) is 6.56. The van der Waals surface area contributed by atoms with Crippen LogP contribution in [0, 0.1) is 0 Å². The molecule has 196 valence electrons. The van der Waals surface area contributed by atoms with Crippen molar-refractivity contribution in [3.63, 3.8) is 0 Å². The van der Waals surface area contributed by atoms with Crippen molar-refractivity contribution in [2.24, 2.45) is 0 Å². The lowest BCUT2D eigenvalue weighted by atomic mass is 10.1. The van der Waals surface area contributed by atoms with Gasteiger partial charge in [-0.15, -0.1) is 21.5 Å². The van der Waals surface area contributed by atoms with E-state index in [4.69, 9.17) is 14.2 Å². The fourth-order valence-corrected chi connectivity index (χ4v) is 5.51. The van der Waals surface area contributed by atoms with E-state index in [1.807, 2.05) is 4.57 Å². The van der Waals surface area contributed by atoms with Crippen molar-refractivity contribution in [1.29, 1.82) is 0 Å². The van der Waals surface area contributed by atoms with Crippen LogP contribution >= 0.6 is 23.1 Å². The monoisotopic (exact) mass is 544 g/mol. The average molecular weight is 545 g/mol. The first-order chi connectivity index (χ1) is 17.9. The Morgan fingerprint density at radius 3 is 2.46 bits per heavy atom. The molecular formula is C25H28N4O6S2. The number of hydrogen-bond donors (Lipinski definition) is 1. The summed E-state index contributed by atoms with van der Waals surface area (Å²) in [6.45, 7) is 3.46.